The smallest absolute Gasteiger partial charge is 0.449 e. The van der Waals surface area contributed by atoms with Gasteiger partial charge in [0.1, 0.15) is 0 Å². The number of carbonyl (C=O) groups is 1. The fourth-order valence-corrected chi connectivity index (χ4v) is 3.01. The van der Waals surface area contributed by atoms with Crippen molar-refractivity contribution in [1.29, 1.82) is 0 Å². The Hall–Kier alpha value is -0.780. The zero-order valence-corrected chi connectivity index (χ0v) is 11.3. The van der Waals surface area contributed by atoms with Crippen LogP contribution in [-0.2, 0) is 12.8 Å². The van der Waals surface area contributed by atoms with Crippen LogP contribution in [0.2, 0.25) is 0 Å². The van der Waals surface area contributed by atoms with E-state index in [2.05, 4.69) is 16.6 Å². The van der Waals surface area contributed by atoms with E-state index < -0.39 is 6.16 Å². The van der Waals surface area contributed by atoms with Crippen LogP contribution >= 0.6 is 23.7 Å². The number of halogens is 1. The number of rotatable bonds is 2. The van der Waals surface area contributed by atoms with E-state index in [9.17, 15) is 4.79 Å². The van der Waals surface area contributed by atoms with Crippen LogP contribution in [0.5, 0.6) is 5.06 Å². The molecule has 1 aromatic heterocycles. The molecular weight excluding hydrogens is 262 g/mol. The van der Waals surface area contributed by atoms with Gasteiger partial charge in [-0.3, -0.25) is 0 Å². The van der Waals surface area contributed by atoms with E-state index in [-0.39, 0.29) is 12.4 Å². The summed E-state index contributed by atoms with van der Waals surface area (Å²) in [6.07, 6.45) is 0.756. The molecule has 0 aliphatic carbocycles. The molecule has 1 aliphatic rings. The van der Waals surface area contributed by atoms with Gasteiger partial charge >= 0.3 is 6.16 Å². The van der Waals surface area contributed by atoms with Crippen molar-refractivity contribution in [3.63, 3.8) is 0 Å². The lowest BCUT2D eigenvalue weighted by Crippen LogP contribution is -2.25. The van der Waals surface area contributed by atoms with Crippen LogP contribution < -0.4 is 4.74 Å². The average Bonchev–Trinajstić information content (AvgIpc) is 2.50. The lowest BCUT2D eigenvalue weighted by Gasteiger charge is -2.16. The van der Waals surface area contributed by atoms with E-state index in [4.69, 9.17) is 5.11 Å². The molecule has 1 N–H and O–H groups in total. The van der Waals surface area contributed by atoms with Crippen molar-refractivity contribution in [2.75, 3.05) is 19.6 Å². The number of fused-ring (bicyclic) bond motifs is 1. The quantitative estimate of drug-likeness (QED) is 0.845. The number of ether oxygens (including phenoxy) is 1. The minimum absolute atomic E-state index is 0. The lowest BCUT2D eigenvalue weighted by atomic mass is 10.2. The molecule has 1 aliphatic heterocycles. The molecule has 96 valence electrons. The molecule has 0 unspecified atom stereocenters. The minimum atomic E-state index is -1.23. The first-order chi connectivity index (χ1) is 7.69. The van der Waals surface area contributed by atoms with Crippen molar-refractivity contribution >= 4 is 29.9 Å². The molecule has 1 aromatic rings. The highest BCUT2D eigenvalue weighted by Crippen LogP contribution is 2.31. The predicted molar refractivity (Wildman–Crippen MR) is 69.7 cm³/mol. The van der Waals surface area contributed by atoms with Gasteiger partial charge in [-0.15, -0.1) is 23.7 Å². The summed E-state index contributed by atoms with van der Waals surface area (Å²) in [5, 5.41) is 9.04. The summed E-state index contributed by atoms with van der Waals surface area (Å²) in [6.45, 7) is 5.34. The Morgan fingerprint density at radius 3 is 2.88 bits per heavy atom. The van der Waals surface area contributed by atoms with Crippen molar-refractivity contribution in [3.05, 3.63) is 16.5 Å². The van der Waals surface area contributed by atoms with Gasteiger partial charge in [0.05, 0.1) is 0 Å². The second-order valence-corrected chi connectivity index (χ2v) is 4.92. The third kappa shape index (κ3) is 3.59. The second kappa shape index (κ2) is 6.23. The highest BCUT2D eigenvalue weighted by molar-refractivity contribution is 7.14. The summed E-state index contributed by atoms with van der Waals surface area (Å²) in [7, 11) is 0. The monoisotopic (exact) mass is 277 g/mol. The summed E-state index contributed by atoms with van der Waals surface area (Å²) in [6, 6.07) is 1.87. The van der Waals surface area contributed by atoms with Crippen molar-refractivity contribution in [2.24, 2.45) is 0 Å². The third-order valence-corrected chi connectivity index (χ3v) is 3.98. The lowest BCUT2D eigenvalue weighted by molar-refractivity contribution is 0.146. The third-order valence-electron chi connectivity index (χ3n) is 2.86. The molecule has 0 spiro atoms. The molecule has 6 heteroatoms. The molecule has 0 bridgehead atoms. The Balaban J connectivity index is 0.00000144. The molecular formula is C11H16ClNO3S. The average molecular weight is 278 g/mol. The first kappa shape index (κ1) is 14.3. The second-order valence-electron chi connectivity index (χ2n) is 3.82. The Labute approximate surface area is 111 Å². The SMILES string of the molecule is CCN1CCc2cc(OC(=O)O)sc2CC1.Cl. The topological polar surface area (TPSA) is 49.8 Å². The van der Waals surface area contributed by atoms with Gasteiger partial charge in [0, 0.05) is 18.0 Å². The molecule has 0 amide bonds. The number of nitrogens with zero attached hydrogens (tertiary/aromatic N) is 1. The molecule has 0 saturated heterocycles. The predicted octanol–water partition coefficient (Wildman–Crippen LogP) is 2.65. The van der Waals surface area contributed by atoms with E-state index >= 15 is 0 Å². The highest BCUT2D eigenvalue weighted by Gasteiger charge is 2.17. The van der Waals surface area contributed by atoms with Gasteiger partial charge < -0.3 is 14.7 Å². The standard InChI is InChI=1S/C11H15NO3S.ClH/c1-2-12-5-3-8-7-10(15-11(13)14)16-9(8)4-6-12;/h7H,2-6H2,1H3,(H,13,14);1H. The maximum atomic E-state index is 10.4. The molecule has 0 aromatic carbocycles. The van der Waals surface area contributed by atoms with Crippen LogP contribution in [0.4, 0.5) is 4.79 Å². The molecule has 4 nitrogen and oxygen atoms in total. The van der Waals surface area contributed by atoms with Crippen molar-refractivity contribution in [2.45, 2.75) is 19.8 Å². The number of hydrogen-bond acceptors (Lipinski definition) is 4. The zero-order valence-electron chi connectivity index (χ0n) is 9.64. The van der Waals surface area contributed by atoms with E-state index in [0.717, 1.165) is 32.5 Å². The maximum absolute atomic E-state index is 10.4. The summed E-state index contributed by atoms with van der Waals surface area (Å²) >= 11 is 1.46. The van der Waals surface area contributed by atoms with Gasteiger partial charge in [0.25, 0.3) is 0 Å². The van der Waals surface area contributed by atoms with E-state index in [0.29, 0.717) is 5.06 Å². The Morgan fingerprint density at radius 2 is 2.24 bits per heavy atom. The number of thiophene rings is 1. The summed E-state index contributed by atoms with van der Waals surface area (Å²) in [5.41, 5.74) is 1.25. The van der Waals surface area contributed by atoms with E-state index in [1.165, 1.54) is 21.8 Å². The van der Waals surface area contributed by atoms with Crippen molar-refractivity contribution < 1.29 is 14.6 Å². The Bertz CT molecular complexity index is 369. The number of likely N-dealkylation sites (N-methyl/N-ethyl adjacent to an activating group) is 1. The fraction of sp³-hybridized carbons (Fsp3) is 0.545. The first-order valence-electron chi connectivity index (χ1n) is 5.43. The van der Waals surface area contributed by atoms with Crippen molar-refractivity contribution in [1.82, 2.24) is 4.90 Å². The fourth-order valence-electron chi connectivity index (χ4n) is 1.96. The minimum Gasteiger partial charge on any atom is -0.449 e. The number of hydrogen-bond donors (Lipinski definition) is 1. The highest BCUT2D eigenvalue weighted by atomic mass is 35.5. The molecule has 0 atom stereocenters. The molecule has 0 saturated carbocycles. The Kier molecular flexibility index (Phi) is 5.24. The molecule has 0 fully saturated rings. The van der Waals surface area contributed by atoms with E-state index in [1.807, 2.05) is 6.07 Å². The van der Waals surface area contributed by atoms with Crippen molar-refractivity contribution in [3.8, 4) is 5.06 Å². The van der Waals surface area contributed by atoms with Crippen LogP contribution in [0, 0.1) is 0 Å². The summed E-state index contributed by atoms with van der Waals surface area (Å²) in [5.74, 6) is 0. The van der Waals surface area contributed by atoms with Crippen LogP contribution in [-0.4, -0.2) is 35.8 Å². The first-order valence-corrected chi connectivity index (χ1v) is 6.25. The molecule has 2 heterocycles. The van der Waals surface area contributed by atoms with Gasteiger partial charge in [0.2, 0.25) is 0 Å². The van der Waals surface area contributed by atoms with Gasteiger partial charge in [-0.2, -0.15) is 0 Å². The zero-order chi connectivity index (χ0) is 11.5. The summed E-state index contributed by atoms with van der Waals surface area (Å²) < 4.78 is 4.68. The van der Waals surface area contributed by atoms with Gasteiger partial charge in [-0.25, -0.2) is 4.79 Å². The largest absolute Gasteiger partial charge is 0.512 e. The molecule has 2 rings (SSSR count). The number of carboxylic acid groups (broad SMARTS) is 1. The Morgan fingerprint density at radius 1 is 1.53 bits per heavy atom. The maximum Gasteiger partial charge on any atom is 0.512 e. The van der Waals surface area contributed by atoms with Crippen LogP contribution in [0.1, 0.15) is 17.4 Å². The van der Waals surface area contributed by atoms with Crippen LogP contribution in [0.15, 0.2) is 6.07 Å². The summed E-state index contributed by atoms with van der Waals surface area (Å²) in [4.78, 5) is 14.1. The van der Waals surface area contributed by atoms with Crippen LogP contribution in [0.25, 0.3) is 0 Å². The van der Waals surface area contributed by atoms with Crippen LogP contribution in [0.3, 0.4) is 0 Å². The van der Waals surface area contributed by atoms with Gasteiger partial charge in [-0.1, -0.05) is 6.92 Å². The molecule has 0 radical (unpaired) electrons. The molecule has 17 heavy (non-hydrogen) atoms. The van der Waals surface area contributed by atoms with Gasteiger partial charge in [-0.05, 0) is 31.0 Å². The normalized spacial score (nSPS) is 15.6. The van der Waals surface area contributed by atoms with Gasteiger partial charge in [0.15, 0.2) is 5.06 Å². The van der Waals surface area contributed by atoms with E-state index in [1.54, 1.807) is 0 Å².